The van der Waals surface area contributed by atoms with Crippen LogP contribution < -0.4 is 0 Å². The minimum atomic E-state index is -4.75. The zero-order valence-electron chi connectivity index (χ0n) is 12.1. The molecule has 0 radical (unpaired) electrons. The highest BCUT2D eigenvalue weighted by Gasteiger charge is 2.44. The van der Waals surface area contributed by atoms with E-state index in [4.69, 9.17) is 0 Å². The zero-order valence-corrected chi connectivity index (χ0v) is 12.1. The van der Waals surface area contributed by atoms with Crippen molar-refractivity contribution in [3.05, 3.63) is 35.1 Å². The van der Waals surface area contributed by atoms with Crippen molar-refractivity contribution in [3.8, 4) is 0 Å². The molecule has 2 rings (SSSR count). The smallest absolute Gasteiger partial charge is 0.420 e. The van der Waals surface area contributed by atoms with E-state index in [1.165, 1.54) is 17.2 Å². The molecule has 1 atom stereocenters. The largest absolute Gasteiger partial charge is 0.480 e. The van der Waals surface area contributed by atoms with Crippen LogP contribution in [0.1, 0.15) is 20.3 Å². The van der Waals surface area contributed by atoms with Crippen molar-refractivity contribution >= 4 is 11.8 Å². The zero-order chi connectivity index (χ0) is 16.7. The predicted molar refractivity (Wildman–Crippen MR) is 72.9 cm³/mol. The number of fused-ring (bicyclic) bond motifs is 1. The quantitative estimate of drug-likeness (QED) is 0.866. The number of alkyl halides is 3. The summed E-state index contributed by atoms with van der Waals surface area (Å²) in [5.41, 5.74) is -1.09. The summed E-state index contributed by atoms with van der Waals surface area (Å²) >= 11 is 0. The second-order valence-electron chi connectivity index (χ2n) is 5.79. The lowest BCUT2D eigenvalue weighted by Gasteiger charge is -2.26. The number of halogens is 3. The van der Waals surface area contributed by atoms with E-state index in [0.717, 1.165) is 6.08 Å². The molecule has 0 saturated heterocycles. The monoisotopic (exact) mass is 315 g/mol. The van der Waals surface area contributed by atoms with E-state index in [-0.39, 0.29) is 23.6 Å². The van der Waals surface area contributed by atoms with Crippen LogP contribution in [0.15, 0.2) is 35.1 Å². The van der Waals surface area contributed by atoms with Gasteiger partial charge in [0.25, 0.3) is 0 Å². The number of aliphatic carboxylic acids is 1. The Balaban J connectivity index is 2.38. The Hall–Kier alpha value is -2.05. The van der Waals surface area contributed by atoms with Gasteiger partial charge in [0.1, 0.15) is 11.6 Å². The fourth-order valence-electron chi connectivity index (χ4n) is 2.68. The van der Waals surface area contributed by atoms with Crippen molar-refractivity contribution in [1.82, 2.24) is 4.90 Å². The lowest BCUT2D eigenvalue weighted by atomic mass is 9.93. The number of carbonyl (C=O) groups is 2. The van der Waals surface area contributed by atoms with Crippen LogP contribution in [0.5, 0.6) is 0 Å². The lowest BCUT2D eigenvalue weighted by molar-refractivity contribution is -0.142. The first-order valence-corrected chi connectivity index (χ1v) is 6.84. The van der Waals surface area contributed by atoms with Crippen molar-refractivity contribution in [2.24, 2.45) is 5.92 Å². The van der Waals surface area contributed by atoms with Crippen LogP contribution in [-0.2, 0) is 9.59 Å². The number of ketones is 1. The Morgan fingerprint density at radius 3 is 2.50 bits per heavy atom. The summed E-state index contributed by atoms with van der Waals surface area (Å²) in [6.07, 6.45) is -0.860. The first kappa shape index (κ1) is 16.3. The fraction of sp³-hybridized carbons (Fsp3) is 0.467. The first-order valence-electron chi connectivity index (χ1n) is 6.84. The maximum absolute atomic E-state index is 13.1. The molecule has 0 fully saturated rings. The van der Waals surface area contributed by atoms with Gasteiger partial charge in [-0.2, -0.15) is 13.2 Å². The lowest BCUT2D eigenvalue weighted by Crippen LogP contribution is -2.38. The molecular formula is C15H16F3NO3. The minimum Gasteiger partial charge on any atom is -0.480 e. The SMILES string of the molecule is CC(C)C[C@@H](C(=O)O)N1C=C2C=CC(=O)C(C(F)(F)F)=C2C1. The molecule has 0 saturated carbocycles. The molecule has 0 aromatic carbocycles. The number of hydrogen-bond donors (Lipinski definition) is 1. The van der Waals surface area contributed by atoms with Crippen molar-refractivity contribution in [2.75, 3.05) is 6.54 Å². The topological polar surface area (TPSA) is 57.6 Å². The molecule has 0 unspecified atom stereocenters. The van der Waals surface area contributed by atoms with E-state index in [1.807, 2.05) is 13.8 Å². The third-order valence-corrected chi connectivity index (χ3v) is 3.62. The van der Waals surface area contributed by atoms with Crippen LogP contribution in [-0.4, -0.2) is 40.5 Å². The normalized spacial score (nSPS) is 19.6. The molecule has 1 N–H and O–H groups in total. The highest BCUT2D eigenvalue weighted by Crippen LogP contribution is 2.38. The average molecular weight is 315 g/mol. The molecule has 1 aliphatic carbocycles. The second kappa shape index (κ2) is 5.62. The number of rotatable bonds is 4. The van der Waals surface area contributed by atoms with Crippen LogP contribution >= 0.6 is 0 Å². The summed E-state index contributed by atoms with van der Waals surface area (Å²) in [5.74, 6) is -2.10. The third-order valence-electron chi connectivity index (χ3n) is 3.62. The summed E-state index contributed by atoms with van der Waals surface area (Å²) < 4.78 is 39.2. The molecule has 0 bridgehead atoms. The van der Waals surface area contributed by atoms with Gasteiger partial charge in [-0.15, -0.1) is 0 Å². The van der Waals surface area contributed by atoms with Crippen LogP contribution in [0.2, 0.25) is 0 Å². The molecule has 7 heteroatoms. The fourth-order valence-corrected chi connectivity index (χ4v) is 2.68. The Labute approximate surface area is 125 Å². The van der Waals surface area contributed by atoms with E-state index in [1.54, 1.807) is 0 Å². The third kappa shape index (κ3) is 3.08. The molecule has 120 valence electrons. The summed E-state index contributed by atoms with van der Waals surface area (Å²) in [5, 5.41) is 9.30. The summed E-state index contributed by atoms with van der Waals surface area (Å²) in [6.45, 7) is 3.47. The molecule has 1 aliphatic heterocycles. The van der Waals surface area contributed by atoms with Crippen LogP contribution in [0.4, 0.5) is 13.2 Å². The van der Waals surface area contributed by atoms with Crippen molar-refractivity contribution in [1.29, 1.82) is 0 Å². The Bertz CT molecular complexity index is 600. The van der Waals surface area contributed by atoms with Gasteiger partial charge < -0.3 is 10.0 Å². The van der Waals surface area contributed by atoms with E-state index in [2.05, 4.69) is 0 Å². The van der Waals surface area contributed by atoms with Crippen LogP contribution in [0, 0.1) is 5.92 Å². The number of carbonyl (C=O) groups excluding carboxylic acids is 1. The molecule has 0 aromatic heterocycles. The molecule has 2 aliphatic rings. The van der Waals surface area contributed by atoms with Crippen LogP contribution in [0.25, 0.3) is 0 Å². The minimum absolute atomic E-state index is 0.0790. The maximum atomic E-state index is 13.1. The summed E-state index contributed by atoms with van der Waals surface area (Å²) in [4.78, 5) is 24.3. The maximum Gasteiger partial charge on any atom is 0.420 e. The van der Waals surface area contributed by atoms with E-state index in [0.29, 0.717) is 6.42 Å². The van der Waals surface area contributed by atoms with Gasteiger partial charge in [0.05, 0.1) is 0 Å². The Morgan fingerprint density at radius 1 is 1.36 bits per heavy atom. The van der Waals surface area contributed by atoms with Gasteiger partial charge in [-0.3, -0.25) is 4.79 Å². The molecular weight excluding hydrogens is 299 g/mol. The van der Waals surface area contributed by atoms with Gasteiger partial charge in [-0.25, -0.2) is 4.79 Å². The number of hydrogen-bond acceptors (Lipinski definition) is 3. The molecule has 0 aromatic rings. The molecule has 4 nitrogen and oxygen atoms in total. The van der Waals surface area contributed by atoms with Crippen molar-refractivity contribution < 1.29 is 27.9 Å². The number of allylic oxidation sites excluding steroid dienone is 3. The van der Waals surface area contributed by atoms with Gasteiger partial charge in [0.2, 0.25) is 0 Å². The Kier molecular flexibility index (Phi) is 4.17. The average Bonchev–Trinajstić information content (AvgIpc) is 2.76. The standard InChI is InChI=1S/C15H16F3NO3/c1-8(2)5-11(14(21)22)19-6-9-3-4-12(20)13(10(9)7-19)15(16,17)18/h3-4,6,8,11H,5,7H2,1-2H3,(H,21,22)/t11-/m0/s1. The molecule has 0 amide bonds. The first-order chi connectivity index (χ1) is 10.1. The van der Waals surface area contributed by atoms with E-state index < -0.39 is 29.5 Å². The second-order valence-corrected chi connectivity index (χ2v) is 5.79. The Morgan fingerprint density at radius 2 is 2.00 bits per heavy atom. The van der Waals surface area contributed by atoms with Crippen molar-refractivity contribution in [2.45, 2.75) is 32.5 Å². The predicted octanol–water partition coefficient (Wildman–Crippen LogP) is 2.68. The highest BCUT2D eigenvalue weighted by atomic mass is 19.4. The highest BCUT2D eigenvalue weighted by molar-refractivity contribution is 6.08. The van der Waals surface area contributed by atoms with E-state index in [9.17, 15) is 27.9 Å². The molecule has 1 heterocycles. The van der Waals surface area contributed by atoms with Gasteiger partial charge in [0.15, 0.2) is 5.78 Å². The van der Waals surface area contributed by atoms with Crippen molar-refractivity contribution in [3.63, 3.8) is 0 Å². The summed E-state index contributed by atoms with van der Waals surface area (Å²) in [6, 6.07) is -0.913. The number of nitrogens with zero attached hydrogens (tertiary/aromatic N) is 1. The molecule has 22 heavy (non-hydrogen) atoms. The molecule has 0 spiro atoms. The van der Waals surface area contributed by atoms with Gasteiger partial charge >= 0.3 is 12.1 Å². The number of carboxylic acid groups (broad SMARTS) is 1. The van der Waals surface area contributed by atoms with E-state index >= 15 is 0 Å². The van der Waals surface area contributed by atoms with Gasteiger partial charge in [0, 0.05) is 12.7 Å². The summed E-state index contributed by atoms with van der Waals surface area (Å²) in [7, 11) is 0. The van der Waals surface area contributed by atoms with Gasteiger partial charge in [-0.1, -0.05) is 13.8 Å². The van der Waals surface area contributed by atoms with Gasteiger partial charge in [-0.05, 0) is 35.6 Å². The number of carboxylic acids is 1. The van der Waals surface area contributed by atoms with Crippen LogP contribution in [0.3, 0.4) is 0 Å².